The average molecular weight is 376 g/mol. The van der Waals surface area contributed by atoms with Crippen molar-refractivity contribution in [2.24, 2.45) is 0 Å². The molecule has 3 aliphatic rings. The monoisotopic (exact) mass is 376 g/mol. The summed E-state index contributed by atoms with van der Waals surface area (Å²) in [6.07, 6.45) is 1.36. The van der Waals surface area contributed by atoms with Crippen molar-refractivity contribution in [1.82, 2.24) is 0 Å². The summed E-state index contributed by atoms with van der Waals surface area (Å²) in [7, 11) is -3.31. The molecular weight excluding hydrogens is 363 g/mol. The molecule has 0 aliphatic carbocycles. The lowest BCUT2D eigenvalue weighted by molar-refractivity contribution is -0.0226. The summed E-state index contributed by atoms with van der Waals surface area (Å²) in [5, 5.41) is 0.142. The highest BCUT2D eigenvalue weighted by atomic mass is 127. The van der Waals surface area contributed by atoms with Gasteiger partial charge < -0.3 is 4.74 Å². The molecule has 7 heteroatoms. The van der Waals surface area contributed by atoms with Gasteiger partial charge in [-0.2, -0.15) is 8.42 Å². The van der Waals surface area contributed by atoms with Gasteiger partial charge in [-0.3, -0.25) is 4.18 Å². The van der Waals surface area contributed by atoms with Crippen LogP contribution < -0.4 is 0 Å². The lowest BCUT2D eigenvalue weighted by atomic mass is 9.94. The van der Waals surface area contributed by atoms with Gasteiger partial charge in [-0.25, -0.2) is 0 Å². The first-order valence-electron chi connectivity index (χ1n) is 5.40. The number of rotatable bonds is 3. The van der Waals surface area contributed by atoms with Gasteiger partial charge in [0.15, 0.2) is 0 Å². The van der Waals surface area contributed by atoms with Crippen LogP contribution in [0.25, 0.3) is 0 Å². The molecule has 92 valence electrons. The standard InChI is InChI=1S/C9H13IO4S2/c1-2-6(10)13-7-4-3-5-9(15-4)8(7)14-16(5,11)12/h4-9H,2-3H2,1H3. The molecule has 3 rings (SSSR count). The third kappa shape index (κ3) is 1.65. The van der Waals surface area contributed by atoms with Crippen LogP contribution in [-0.2, 0) is 19.0 Å². The van der Waals surface area contributed by atoms with Crippen LogP contribution in [0.2, 0.25) is 0 Å². The number of halogens is 1. The summed E-state index contributed by atoms with van der Waals surface area (Å²) in [5.41, 5.74) is 0. The van der Waals surface area contributed by atoms with Gasteiger partial charge in [0, 0.05) is 5.25 Å². The highest BCUT2D eigenvalue weighted by Crippen LogP contribution is 2.56. The van der Waals surface area contributed by atoms with Crippen molar-refractivity contribution in [3.05, 3.63) is 0 Å². The highest BCUT2D eigenvalue weighted by Gasteiger charge is 2.65. The Bertz CT molecular complexity index is 398. The van der Waals surface area contributed by atoms with Crippen molar-refractivity contribution in [1.29, 1.82) is 0 Å². The summed E-state index contributed by atoms with van der Waals surface area (Å²) < 4.78 is 34.6. The molecule has 0 saturated carbocycles. The molecule has 3 heterocycles. The summed E-state index contributed by atoms with van der Waals surface area (Å²) >= 11 is 3.99. The molecule has 0 amide bonds. The molecule has 0 spiro atoms. The first-order valence-corrected chi connectivity index (χ1v) is 9.06. The van der Waals surface area contributed by atoms with Crippen LogP contribution in [0.3, 0.4) is 0 Å². The maximum absolute atomic E-state index is 11.7. The second-order valence-electron chi connectivity index (χ2n) is 4.39. The molecular formula is C9H13IO4S2. The fourth-order valence-electron chi connectivity index (χ4n) is 2.66. The Morgan fingerprint density at radius 1 is 1.62 bits per heavy atom. The minimum absolute atomic E-state index is 0.0367. The van der Waals surface area contributed by atoms with E-state index < -0.39 is 10.1 Å². The Labute approximate surface area is 113 Å². The van der Waals surface area contributed by atoms with E-state index in [4.69, 9.17) is 8.92 Å². The van der Waals surface area contributed by atoms with E-state index in [9.17, 15) is 8.42 Å². The lowest BCUT2D eigenvalue weighted by Gasteiger charge is -2.25. The second-order valence-corrected chi connectivity index (χ2v) is 8.98. The first-order chi connectivity index (χ1) is 7.53. The van der Waals surface area contributed by atoms with Gasteiger partial charge in [0.1, 0.15) is 15.5 Å². The van der Waals surface area contributed by atoms with Gasteiger partial charge in [0.2, 0.25) is 0 Å². The predicted molar refractivity (Wildman–Crippen MR) is 70.3 cm³/mol. The van der Waals surface area contributed by atoms with E-state index in [1.807, 2.05) is 0 Å². The number of fused-ring (bicyclic) bond motifs is 1. The van der Waals surface area contributed by atoms with Gasteiger partial charge in [0.25, 0.3) is 10.1 Å². The van der Waals surface area contributed by atoms with Crippen molar-refractivity contribution in [3.63, 3.8) is 0 Å². The Morgan fingerprint density at radius 3 is 3.06 bits per heavy atom. The Kier molecular flexibility index (Phi) is 2.98. The van der Waals surface area contributed by atoms with E-state index >= 15 is 0 Å². The molecule has 0 aromatic rings. The normalized spacial score (nSPS) is 49.8. The number of hydrogen-bond donors (Lipinski definition) is 0. The van der Waals surface area contributed by atoms with Gasteiger partial charge >= 0.3 is 0 Å². The van der Waals surface area contributed by atoms with Crippen molar-refractivity contribution < 1.29 is 17.3 Å². The minimum atomic E-state index is -3.31. The SMILES string of the molecule is CCC(I)OC1C2CC3C(S2)C1OS3(=O)=O. The number of ether oxygens (including phenoxy) is 1. The minimum Gasteiger partial charge on any atom is -0.361 e. The Morgan fingerprint density at radius 2 is 2.38 bits per heavy atom. The largest absolute Gasteiger partial charge is 0.361 e. The van der Waals surface area contributed by atoms with Crippen LogP contribution in [0.4, 0.5) is 0 Å². The summed E-state index contributed by atoms with van der Waals surface area (Å²) in [6, 6.07) is 0. The van der Waals surface area contributed by atoms with Gasteiger partial charge in [0.05, 0.1) is 11.4 Å². The van der Waals surface area contributed by atoms with Gasteiger partial charge in [-0.1, -0.05) is 29.5 Å². The van der Waals surface area contributed by atoms with Crippen LogP contribution in [0.1, 0.15) is 19.8 Å². The van der Waals surface area contributed by atoms with Crippen LogP contribution >= 0.6 is 34.4 Å². The number of hydrogen-bond acceptors (Lipinski definition) is 5. The fourth-order valence-corrected chi connectivity index (χ4v) is 7.14. The number of alkyl halides is 1. The topological polar surface area (TPSA) is 52.6 Å². The molecule has 6 unspecified atom stereocenters. The molecule has 3 saturated heterocycles. The van der Waals surface area contributed by atoms with Gasteiger partial charge in [-0.05, 0) is 12.8 Å². The molecule has 3 aliphatic heterocycles. The van der Waals surface area contributed by atoms with E-state index in [2.05, 4.69) is 29.5 Å². The summed E-state index contributed by atoms with van der Waals surface area (Å²) in [4.78, 5) is 0. The van der Waals surface area contributed by atoms with Crippen molar-refractivity contribution in [2.45, 2.75) is 51.8 Å². The lowest BCUT2D eigenvalue weighted by Crippen LogP contribution is -2.41. The van der Waals surface area contributed by atoms with Crippen molar-refractivity contribution in [2.75, 3.05) is 0 Å². The predicted octanol–water partition coefficient (Wildman–Crippen LogP) is 1.53. The second kappa shape index (κ2) is 3.97. The molecule has 4 nitrogen and oxygen atoms in total. The van der Waals surface area contributed by atoms with E-state index in [0.29, 0.717) is 11.7 Å². The molecule has 0 aromatic heterocycles. The zero-order valence-corrected chi connectivity index (χ0v) is 12.5. The molecule has 3 fully saturated rings. The first kappa shape index (κ1) is 12.0. The van der Waals surface area contributed by atoms with E-state index in [1.165, 1.54) is 0 Å². The third-order valence-electron chi connectivity index (χ3n) is 3.42. The molecule has 6 atom stereocenters. The van der Waals surface area contributed by atoms with E-state index in [-0.39, 0.29) is 26.8 Å². The molecule has 2 bridgehead atoms. The maximum Gasteiger partial charge on any atom is 0.271 e. The van der Waals surface area contributed by atoms with Gasteiger partial charge in [-0.15, -0.1) is 11.8 Å². The van der Waals surface area contributed by atoms with Crippen molar-refractivity contribution in [3.8, 4) is 0 Å². The summed E-state index contributed by atoms with van der Waals surface area (Å²) in [6.45, 7) is 2.06. The quantitative estimate of drug-likeness (QED) is 0.425. The van der Waals surface area contributed by atoms with Crippen LogP contribution in [-0.4, -0.2) is 40.5 Å². The molecule has 16 heavy (non-hydrogen) atoms. The highest BCUT2D eigenvalue weighted by molar-refractivity contribution is 14.1. The zero-order chi connectivity index (χ0) is 11.5. The fraction of sp³-hybridized carbons (Fsp3) is 1.00. The van der Waals surface area contributed by atoms with Crippen molar-refractivity contribution >= 4 is 44.5 Å². The Hall–Kier alpha value is 0.950. The van der Waals surface area contributed by atoms with E-state index in [1.54, 1.807) is 11.8 Å². The molecule has 0 radical (unpaired) electrons. The third-order valence-corrected chi connectivity index (χ3v) is 8.20. The van der Waals surface area contributed by atoms with Crippen LogP contribution in [0, 0.1) is 0 Å². The maximum atomic E-state index is 11.7. The summed E-state index contributed by atoms with van der Waals surface area (Å²) in [5.74, 6) is 0. The average Bonchev–Trinajstić information content (AvgIpc) is 2.81. The van der Waals surface area contributed by atoms with Crippen LogP contribution in [0.15, 0.2) is 0 Å². The zero-order valence-electron chi connectivity index (χ0n) is 8.71. The number of thioether (sulfide) groups is 1. The Balaban J connectivity index is 1.81. The molecule has 0 N–H and O–H groups in total. The smallest absolute Gasteiger partial charge is 0.271 e. The van der Waals surface area contributed by atoms with E-state index in [0.717, 1.165) is 6.42 Å². The molecule has 0 aromatic carbocycles. The van der Waals surface area contributed by atoms with Crippen LogP contribution in [0.5, 0.6) is 0 Å².